The van der Waals surface area contributed by atoms with Crippen molar-refractivity contribution in [1.82, 2.24) is 0 Å². The van der Waals surface area contributed by atoms with E-state index < -0.39 is 0 Å². The first kappa shape index (κ1) is 13.9. The Kier molecular flexibility index (Phi) is 4.70. The highest BCUT2D eigenvalue weighted by molar-refractivity contribution is 9.13. The highest BCUT2D eigenvalue weighted by Crippen LogP contribution is 2.33. The van der Waals surface area contributed by atoms with Crippen LogP contribution in [0.15, 0.2) is 60.0 Å². The van der Waals surface area contributed by atoms with Gasteiger partial charge >= 0.3 is 0 Å². The van der Waals surface area contributed by atoms with E-state index in [0.717, 1.165) is 24.8 Å². The quantitative estimate of drug-likeness (QED) is 0.472. The molecule has 0 spiro atoms. The number of aryl methyl sites for hydroxylation is 1. The van der Waals surface area contributed by atoms with Gasteiger partial charge in [-0.2, -0.15) is 5.11 Å². The minimum absolute atomic E-state index is 0.793. The van der Waals surface area contributed by atoms with Crippen molar-refractivity contribution < 1.29 is 0 Å². The highest BCUT2D eigenvalue weighted by atomic mass is 79.9. The zero-order valence-corrected chi connectivity index (χ0v) is 14.3. The van der Waals surface area contributed by atoms with Crippen molar-refractivity contribution in [2.24, 2.45) is 10.2 Å². The molecule has 0 radical (unpaired) electrons. The molecule has 0 N–H and O–H groups in total. The van der Waals surface area contributed by atoms with Gasteiger partial charge in [0.05, 0.1) is 10.2 Å². The largest absolute Gasteiger partial charge is 0.150 e. The molecule has 0 aliphatic carbocycles. The second-order valence-electron chi connectivity index (χ2n) is 3.71. The van der Waals surface area contributed by atoms with Gasteiger partial charge in [0.25, 0.3) is 0 Å². The first-order valence-electron chi connectivity index (χ1n) is 5.20. The van der Waals surface area contributed by atoms with Crippen molar-refractivity contribution in [1.29, 1.82) is 0 Å². The molecular weight excluding hydrogens is 424 g/mol. The van der Waals surface area contributed by atoms with Crippen LogP contribution in [0.25, 0.3) is 0 Å². The summed E-state index contributed by atoms with van der Waals surface area (Å²) in [5, 5.41) is 8.46. The van der Waals surface area contributed by atoms with Crippen LogP contribution in [0.1, 0.15) is 5.56 Å². The average Bonchev–Trinajstić information content (AvgIpc) is 2.35. The van der Waals surface area contributed by atoms with Gasteiger partial charge in [0, 0.05) is 8.95 Å². The number of nitrogens with zero attached hydrogens (tertiary/aromatic N) is 2. The molecule has 18 heavy (non-hydrogen) atoms. The number of benzene rings is 2. The maximum atomic E-state index is 4.23. The fourth-order valence-electron chi connectivity index (χ4n) is 1.33. The van der Waals surface area contributed by atoms with Crippen molar-refractivity contribution in [2.75, 3.05) is 0 Å². The summed E-state index contributed by atoms with van der Waals surface area (Å²) in [7, 11) is 0. The van der Waals surface area contributed by atoms with Gasteiger partial charge in [0.15, 0.2) is 0 Å². The summed E-state index contributed by atoms with van der Waals surface area (Å²) >= 11 is 10.4. The van der Waals surface area contributed by atoms with Gasteiger partial charge in [-0.05, 0) is 68.6 Å². The molecule has 2 aromatic rings. The second-order valence-corrected chi connectivity index (χ2v) is 6.21. The van der Waals surface area contributed by atoms with Crippen molar-refractivity contribution in [3.8, 4) is 0 Å². The summed E-state index contributed by atoms with van der Waals surface area (Å²) in [5.74, 6) is 0. The summed E-state index contributed by atoms with van der Waals surface area (Å²) in [4.78, 5) is 0. The lowest BCUT2D eigenvalue weighted by molar-refractivity contribution is 1.21. The van der Waals surface area contributed by atoms with Crippen LogP contribution in [-0.4, -0.2) is 0 Å². The van der Waals surface area contributed by atoms with Crippen LogP contribution in [0.2, 0.25) is 0 Å². The Morgan fingerprint density at radius 2 is 1.67 bits per heavy atom. The van der Waals surface area contributed by atoms with Gasteiger partial charge in [0.2, 0.25) is 0 Å². The second kappa shape index (κ2) is 6.08. The predicted molar refractivity (Wildman–Crippen MR) is 84.9 cm³/mol. The SMILES string of the molecule is Cc1ccc(N=Nc2cccc(Br)c2Br)cc1Br. The highest BCUT2D eigenvalue weighted by Gasteiger charge is 2.02. The van der Waals surface area contributed by atoms with Gasteiger partial charge in [-0.15, -0.1) is 5.11 Å². The Balaban J connectivity index is 2.30. The first-order chi connectivity index (χ1) is 8.58. The van der Waals surface area contributed by atoms with Crippen LogP contribution in [0, 0.1) is 6.92 Å². The summed E-state index contributed by atoms with van der Waals surface area (Å²) in [6, 6.07) is 11.7. The minimum atomic E-state index is 0.793. The van der Waals surface area contributed by atoms with Gasteiger partial charge in [-0.25, -0.2) is 0 Å². The third kappa shape index (κ3) is 3.28. The molecular formula is C13H9Br3N2. The number of azo groups is 1. The van der Waals surface area contributed by atoms with Crippen LogP contribution in [0.3, 0.4) is 0 Å². The first-order valence-corrected chi connectivity index (χ1v) is 7.58. The summed E-state index contributed by atoms with van der Waals surface area (Å²) in [5.41, 5.74) is 2.79. The topological polar surface area (TPSA) is 24.7 Å². The van der Waals surface area contributed by atoms with Gasteiger partial charge in [-0.3, -0.25) is 0 Å². The molecule has 0 amide bonds. The summed E-state index contributed by atoms with van der Waals surface area (Å²) in [6.07, 6.45) is 0. The standard InChI is InChI=1S/C13H9Br3N2/c1-8-5-6-9(7-11(8)15)17-18-12-4-2-3-10(14)13(12)16/h2-7H,1H3. The molecule has 0 unspecified atom stereocenters. The van der Waals surface area contributed by atoms with Crippen LogP contribution in [0.5, 0.6) is 0 Å². The molecule has 0 saturated heterocycles. The zero-order valence-electron chi connectivity index (χ0n) is 9.49. The van der Waals surface area contributed by atoms with E-state index in [-0.39, 0.29) is 0 Å². The Hall–Kier alpha value is -0.520. The van der Waals surface area contributed by atoms with Crippen LogP contribution in [-0.2, 0) is 0 Å². The molecule has 2 rings (SSSR count). The summed E-state index contributed by atoms with van der Waals surface area (Å²) < 4.78 is 2.90. The Morgan fingerprint density at radius 3 is 2.39 bits per heavy atom. The molecule has 0 aliphatic rings. The van der Waals surface area contributed by atoms with Crippen molar-refractivity contribution >= 4 is 59.2 Å². The number of hydrogen-bond acceptors (Lipinski definition) is 2. The van der Waals surface area contributed by atoms with E-state index >= 15 is 0 Å². The maximum absolute atomic E-state index is 4.23. The Labute approximate surface area is 131 Å². The fraction of sp³-hybridized carbons (Fsp3) is 0.0769. The van der Waals surface area contributed by atoms with Crippen molar-refractivity contribution in [3.63, 3.8) is 0 Å². The number of hydrogen-bond donors (Lipinski definition) is 0. The number of rotatable bonds is 2. The molecule has 5 heteroatoms. The third-order valence-corrected chi connectivity index (χ3v) is 5.24. The summed E-state index contributed by atoms with van der Waals surface area (Å²) in [6.45, 7) is 2.04. The van der Waals surface area contributed by atoms with E-state index in [1.54, 1.807) is 0 Å². The third-order valence-electron chi connectivity index (χ3n) is 2.36. The van der Waals surface area contributed by atoms with E-state index in [0.29, 0.717) is 0 Å². The van der Waals surface area contributed by atoms with Gasteiger partial charge in [-0.1, -0.05) is 28.1 Å². The van der Waals surface area contributed by atoms with E-state index in [1.165, 1.54) is 5.56 Å². The van der Waals surface area contributed by atoms with E-state index in [2.05, 4.69) is 58.0 Å². The monoisotopic (exact) mass is 430 g/mol. The Bertz CT molecular complexity index is 609. The van der Waals surface area contributed by atoms with Crippen molar-refractivity contribution in [2.45, 2.75) is 6.92 Å². The predicted octanol–water partition coefficient (Wildman–Crippen LogP) is 6.70. The molecule has 0 fully saturated rings. The van der Waals surface area contributed by atoms with E-state index in [4.69, 9.17) is 0 Å². The molecule has 0 aliphatic heterocycles. The molecule has 0 atom stereocenters. The molecule has 0 heterocycles. The molecule has 92 valence electrons. The van der Waals surface area contributed by atoms with E-state index in [9.17, 15) is 0 Å². The lowest BCUT2D eigenvalue weighted by Gasteiger charge is -2.00. The molecule has 2 aromatic carbocycles. The van der Waals surface area contributed by atoms with Gasteiger partial charge < -0.3 is 0 Å². The lowest BCUT2D eigenvalue weighted by Crippen LogP contribution is -1.74. The molecule has 0 saturated carbocycles. The molecule has 0 bridgehead atoms. The molecule has 0 aromatic heterocycles. The van der Waals surface area contributed by atoms with Crippen molar-refractivity contribution in [3.05, 3.63) is 55.4 Å². The number of halogens is 3. The molecule has 2 nitrogen and oxygen atoms in total. The minimum Gasteiger partial charge on any atom is -0.150 e. The Morgan fingerprint density at radius 1 is 0.889 bits per heavy atom. The van der Waals surface area contributed by atoms with Crippen LogP contribution in [0.4, 0.5) is 11.4 Å². The fourth-order valence-corrected chi connectivity index (χ4v) is 2.39. The average molecular weight is 433 g/mol. The maximum Gasteiger partial charge on any atom is 0.101 e. The zero-order chi connectivity index (χ0) is 13.1. The lowest BCUT2D eigenvalue weighted by atomic mass is 10.2. The van der Waals surface area contributed by atoms with Crippen LogP contribution >= 0.6 is 47.8 Å². The van der Waals surface area contributed by atoms with Crippen LogP contribution < -0.4 is 0 Å². The van der Waals surface area contributed by atoms with E-state index in [1.807, 2.05) is 43.3 Å². The smallest absolute Gasteiger partial charge is 0.101 e. The normalized spacial score (nSPS) is 11.1. The van der Waals surface area contributed by atoms with Gasteiger partial charge in [0.1, 0.15) is 5.69 Å².